The van der Waals surface area contributed by atoms with Crippen molar-refractivity contribution in [2.24, 2.45) is 10.7 Å². The van der Waals surface area contributed by atoms with Crippen molar-refractivity contribution in [3.63, 3.8) is 0 Å². The molecule has 1 aromatic rings. The van der Waals surface area contributed by atoms with Crippen LogP contribution in [-0.4, -0.2) is 25.1 Å². The van der Waals surface area contributed by atoms with Crippen molar-refractivity contribution in [3.8, 4) is 0 Å². The number of carbonyl (C=O) groups excluding carboxylic acids is 1. The third-order valence-electron chi connectivity index (χ3n) is 2.73. The van der Waals surface area contributed by atoms with E-state index in [0.717, 1.165) is 12.1 Å². The van der Waals surface area contributed by atoms with Crippen molar-refractivity contribution < 1.29 is 9.53 Å². The number of ether oxygens (including phenoxy) is 1. The highest BCUT2D eigenvalue weighted by molar-refractivity contribution is 14.0. The molecule has 0 amide bonds. The normalized spacial score (nSPS) is 10.7. The molecule has 1 rings (SSSR count). The first-order valence-electron chi connectivity index (χ1n) is 6.97. The predicted octanol–water partition coefficient (Wildman–Crippen LogP) is 2.94. The lowest BCUT2D eigenvalue weighted by molar-refractivity contribution is -0.143. The van der Waals surface area contributed by atoms with Gasteiger partial charge in [0, 0.05) is 18.7 Å². The number of hydrogen-bond acceptors (Lipinski definition) is 3. The molecule has 6 heteroatoms. The van der Waals surface area contributed by atoms with Gasteiger partial charge in [0.2, 0.25) is 0 Å². The summed E-state index contributed by atoms with van der Waals surface area (Å²) in [6.07, 6.45) is 1.98. The molecule has 0 aliphatic carbocycles. The van der Waals surface area contributed by atoms with Crippen LogP contribution in [0.2, 0.25) is 0 Å². The third kappa shape index (κ3) is 8.54. The number of anilines is 1. The lowest BCUT2D eigenvalue weighted by Crippen LogP contribution is -2.23. The van der Waals surface area contributed by atoms with Gasteiger partial charge in [-0.05, 0) is 37.5 Å². The summed E-state index contributed by atoms with van der Waals surface area (Å²) in [6, 6.07) is 8.04. The first-order chi connectivity index (χ1) is 9.65. The van der Waals surface area contributed by atoms with E-state index in [0.29, 0.717) is 32.0 Å². The SMILES string of the molecule is CCOC(=O)CCCN=C(N)Nc1cccc(CC)c1.I. The molecule has 5 nitrogen and oxygen atoms in total. The monoisotopic (exact) mass is 405 g/mol. The fourth-order valence-electron chi connectivity index (χ4n) is 1.71. The topological polar surface area (TPSA) is 76.7 Å². The molecule has 0 fully saturated rings. The molecule has 0 unspecified atom stereocenters. The number of esters is 1. The van der Waals surface area contributed by atoms with Gasteiger partial charge in [-0.15, -0.1) is 24.0 Å². The number of hydrogen-bond donors (Lipinski definition) is 2. The number of nitrogens with one attached hydrogen (secondary N) is 1. The van der Waals surface area contributed by atoms with E-state index in [2.05, 4.69) is 23.3 Å². The molecule has 3 N–H and O–H groups in total. The maximum absolute atomic E-state index is 11.1. The molecule has 0 spiro atoms. The second kappa shape index (κ2) is 11.4. The molecular weight excluding hydrogens is 381 g/mol. The van der Waals surface area contributed by atoms with Crippen molar-refractivity contribution in [3.05, 3.63) is 29.8 Å². The van der Waals surface area contributed by atoms with Gasteiger partial charge in [-0.2, -0.15) is 0 Å². The van der Waals surface area contributed by atoms with Gasteiger partial charge in [-0.1, -0.05) is 19.1 Å². The Labute approximate surface area is 143 Å². The fraction of sp³-hybridized carbons (Fsp3) is 0.467. The van der Waals surface area contributed by atoms with Crippen LogP contribution >= 0.6 is 24.0 Å². The number of rotatable bonds is 7. The third-order valence-corrected chi connectivity index (χ3v) is 2.73. The molecule has 21 heavy (non-hydrogen) atoms. The highest BCUT2D eigenvalue weighted by Crippen LogP contribution is 2.10. The van der Waals surface area contributed by atoms with Crippen LogP contribution in [0.4, 0.5) is 5.69 Å². The van der Waals surface area contributed by atoms with E-state index in [1.54, 1.807) is 6.92 Å². The van der Waals surface area contributed by atoms with Crippen LogP contribution in [0.5, 0.6) is 0 Å². The summed E-state index contributed by atoms with van der Waals surface area (Å²) in [5, 5.41) is 3.04. The van der Waals surface area contributed by atoms with Gasteiger partial charge in [0.05, 0.1) is 6.61 Å². The van der Waals surface area contributed by atoms with Crippen molar-refractivity contribution in [1.82, 2.24) is 0 Å². The van der Waals surface area contributed by atoms with E-state index in [-0.39, 0.29) is 29.9 Å². The van der Waals surface area contributed by atoms with Crippen LogP contribution in [0.1, 0.15) is 32.3 Å². The van der Waals surface area contributed by atoms with Gasteiger partial charge in [-0.3, -0.25) is 9.79 Å². The number of benzene rings is 1. The van der Waals surface area contributed by atoms with E-state index >= 15 is 0 Å². The minimum atomic E-state index is -0.190. The van der Waals surface area contributed by atoms with Crippen LogP contribution in [0, 0.1) is 0 Å². The smallest absolute Gasteiger partial charge is 0.305 e. The Balaban J connectivity index is 0.00000400. The number of aryl methyl sites for hydroxylation is 1. The molecule has 0 saturated carbocycles. The second-order valence-corrected chi connectivity index (χ2v) is 4.35. The van der Waals surface area contributed by atoms with Crippen LogP contribution in [-0.2, 0) is 16.0 Å². The lowest BCUT2D eigenvalue weighted by Gasteiger charge is -2.07. The van der Waals surface area contributed by atoms with Crippen molar-refractivity contribution in [2.75, 3.05) is 18.5 Å². The summed E-state index contributed by atoms with van der Waals surface area (Å²) in [7, 11) is 0. The largest absolute Gasteiger partial charge is 0.466 e. The average molecular weight is 405 g/mol. The van der Waals surface area contributed by atoms with Gasteiger partial charge >= 0.3 is 5.97 Å². The Bertz CT molecular complexity index is 464. The number of aliphatic imine (C=N–C) groups is 1. The summed E-state index contributed by atoms with van der Waals surface area (Å²) < 4.78 is 4.84. The Morgan fingerprint density at radius 2 is 2.14 bits per heavy atom. The zero-order chi connectivity index (χ0) is 14.8. The zero-order valence-electron chi connectivity index (χ0n) is 12.6. The van der Waals surface area contributed by atoms with Gasteiger partial charge in [0.25, 0.3) is 0 Å². The average Bonchev–Trinajstić information content (AvgIpc) is 2.44. The van der Waals surface area contributed by atoms with Gasteiger partial charge < -0.3 is 15.8 Å². The Kier molecular flexibility index (Phi) is 10.7. The van der Waals surface area contributed by atoms with Crippen molar-refractivity contribution in [1.29, 1.82) is 0 Å². The van der Waals surface area contributed by atoms with E-state index in [4.69, 9.17) is 10.5 Å². The minimum Gasteiger partial charge on any atom is -0.466 e. The van der Waals surface area contributed by atoms with Crippen LogP contribution in [0.25, 0.3) is 0 Å². The first-order valence-corrected chi connectivity index (χ1v) is 6.97. The standard InChI is InChI=1S/C15H23N3O2.HI/c1-3-12-7-5-8-13(11-12)18-15(16)17-10-6-9-14(19)20-4-2;/h5,7-8,11H,3-4,6,9-10H2,1-2H3,(H3,16,17,18);1H. The molecule has 1 aromatic carbocycles. The summed E-state index contributed by atoms with van der Waals surface area (Å²) >= 11 is 0. The highest BCUT2D eigenvalue weighted by atomic mass is 127. The molecule has 0 saturated heterocycles. The summed E-state index contributed by atoms with van der Waals surface area (Å²) in [6.45, 7) is 4.82. The molecule has 0 radical (unpaired) electrons. The van der Waals surface area contributed by atoms with Crippen LogP contribution < -0.4 is 11.1 Å². The highest BCUT2D eigenvalue weighted by Gasteiger charge is 2.00. The van der Waals surface area contributed by atoms with Crippen molar-refractivity contribution >= 4 is 41.6 Å². The van der Waals surface area contributed by atoms with Gasteiger partial charge in [0.1, 0.15) is 0 Å². The fourth-order valence-corrected chi connectivity index (χ4v) is 1.71. The molecule has 0 aliphatic heterocycles. The Morgan fingerprint density at radius 1 is 1.38 bits per heavy atom. The predicted molar refractivity (Wildman–Crippen MR) is 97.2 cm³/mol. The van der Waals surface area contributed by atoms with Gasteiger partial charge in [-0.25, -0.2) is 0 Å². The number of nitrogens with zero attached hydrogens (tertiary/aromatic N) is 1. The number of halogens is 1. The number of carbonyl (C=O) groups is 1. The maximum Gasteiger partial charge on any atom is 0.305 e. The second-order valence-electron chi connectivity index (χ2n) is 4.35. The van der Waals surface area contributed by atoms with Gasteiger partial charge in [0.15, 0.2) is 5.96 Å². The van der Waals surface area contributed by atoms with E-state index < -0.39 is 0 Å². The van der Waals surface area contributed by atoms with E-state index in [1.807, 2.05) is 18.2 Å². The quantitative estimate of drug-likeness (QED) is 0.241. The molecule has 0 atom stereocenters. The molecule has 0 heterocycles. The van der Waals surface area contributed by atoms with E-state index in [1.165, 1.54) is 5.56 Å². The Morgan fingerprint density at radius 3 is 2.81 bits per heavy atom. The lowest BCUT2D eigenvalue weighted by atomic mass is 10.1. The van der Waals surface area contributed by atoms with Crippen molar-refractivity contribution in [2.45, 2.75) is 33.1 Å². The molecular formula is C15H24IN3O2. The summed E-state index contributed by atoms with van der Waals surface area (Å²) in [5.41, 5.74) is 7.96. The molecule has 0 aromatic heterocycles. The number of nitrogens with two attached hydrogens (primary N) is 1. The number of guanidine groups is 1. The Hall–Kier alpha value is -1.31. The van der Waals surface area contributed by atoms with Crippen LogP contribution in [0.3, 0.4) is 0 Å². The molecule has 0 bridgehead atoms. The molecule has 118 valence electrons. The minimum absolute atomic E-state index is 0. The molecule has 0 aliphatic rings. The maximum atomic E-state index is 11.1. The van der Waals surface area contributed by atoms with Crippen LogP contribution in [0.15, 0.2) is 29.3 Å². The zero-order valence-corrected chi connectivity index (χ0v) is 14.9. The van der Waals surface area contributed by atoms with E-state index in [9.17, 15) is 4.79 Å². The first kappa shape index (κ1) is 19.7. The summed E-state index contributed by atoms with van der Waals surface area (Å²) in [4.78, 5) is 15.3. The summed E-state index contributed by atoms with van der Waals surface area (Å²) in [5.74, 6) is 0.173.